The fraction of sp³-hybridized carbons (Fsp3) is 0.400. The van der Waals surface area contributed by atoms with Crippen LogP contribution in [0.1, 0.15) is 12.6 Å². The van der Waals surface area contributed by atoms with Crippen molar-refractivity contribution >= 4 is 32.1 Å². The van der Waals surface area contributed by atoms with E-state index in [2.05, 4.69) is 9.97 Å². The van der Waals surface area contributed by atoms with Crippen LogP contribution in [0.15, 0.2) is 24.5 Å². The quantitative estimate of drug-likeness (QED) is 0.823. The number of sulfone groups is 1. The molecule has 8 heteroatoms. The Morgan fingerprint density at radius 3 is 2.70 bits per heavy atom. The second-order valence-corrected chi connectivity index (χ2v) is 8.70. The normalized spacial score (nSPS) is 12.9. The number of hydrogen-bond donors (Lipinski definition) is 0. The highest BCUT2D eigenvalue weighted by molar-refractivity contribution is 7.90. The largest absolute Gasteiger partial charge is 0.305 e. The van der Waals surface area contributed by atoms with Gasteiger partial charge in [-0.15, -0.1) is 0 Å². The third-order valence-electron chi connectivity index (χ3n) is 3.29. The molecule has 124 valence electrons. The van der Waals surface area contributed by atoms with Gasteiger partial charge in [0.2, 0.25) is 5.91 Å². The molecule has 2 aromatic rings. The molecule has 0 saturated heterocycles. The highest BCUT2D eigenvalue weighted by Crippen LogP contribution is 2.34. The minimum atomic E-state index is -3.20. The van der Waals surface area contributed by atoms with Gasteiger partial charge in [-0.2, -0.15) is 0 Å². The summed E-state index contributed by atoms with van der Waals surface area (Å²) in [6, 6.07) is 3.73. The van der Waals surface area contributed by atoms with Crippen molar-refractivity contribution in [3.63, 3.8) is 0 Å². The zero-order valence-corrected chi connectivity index (χ0v) is 15.1. The number of aryl methyl sites for hydroxylation is 1. The van der Waals surface area contributed by atoms with Crippen LogP contribution in [0.25, 0.3) is 10.6 Å². The molecule has 0 aliphatic heterocycles. The van der Waals surface area contributed by atoms with Crippen LogP contribution in [0.4, 0.5) is 5.00 Å². The van der Waals surface area contributed by atoms with Crippen LogP contribution >= 0.6 is 11.3 Å². The fourth-order valence-corrected chi connectivity index (χ4v) is 4.34. The van der Waals surface area contributed by atoms with Gasteiger partial charge in [-0.1, -0.05) is 18.3 Å². The average Bonchev–Trinajstić information content (AvgIpc) is 2.87. The third kappa shape index (κ3) is 4.35. The first-order valence-electron chi connectivity index (χ1n) is 7.02. The number of pyridine rings is 1. The van der Waals surface area contributed by atoms with Gasteiger partial charge in [0.05, 0.1) is 11.4 Å². The summed E-state index contributed by atoms with van der Waals surface area (Å²) in [6.07, 6.45) is 4.54. The summed E-state index contributed by atoms with van der Waals surface area (Å²) in [5, 5.41) is 1.50. The van der Waals surface area contributed by atoms with E-state index in [1.165, 1.54) is 16.2 Å². The zero-order chi connectivity index (χ0) is 17.2. The molecule has 0 aliphatic carbocycles. The molecule has 0 bridgehead atoms. The second kappa shape index (κ2) is 6.76. The molecule has 0 N–H and O–H groups in total. The second-order valence-electron chi connectivity index (χ2n) is 5.54. The Balaban J connectivity index is 2.25. The molecule has 0 spiro atoms. The molecule has 1 atom stereocenters. The third-order valence-corrected chi connectivity index (χ3v) is 5.68. The van der Waals surface area contributed by atoms with E-state index in [4.69, 9.17) is 0 Å². The number of nitrogens with zero attached hydrogens (tertiary/aromatic N) is 3. The van der Waals surface area contributed by atoms with Crippen LogP contribution < -0.4 is 4.90 Å². The maximum atomic E-state index is 12.4. The van der Waals surface area contributed by atoms with Gasteiger partial charge >= 0.3 is 0 Å². The Hall–Kier alpha value is -1.80. The first-order valence-corrected chi connectivity index (χ1v) is 9.90. The minimum absolute atomic E-state index is 0.163. The number of hydrogen-bond acceptors (Lipinski definition) is 6. The number of carbonyl (C=O) groups excluding carboxylic acids is 1. The summed E-state index contributed by atoms with van der Waals surface area (Å²) in [5.74, 6) is -0.998. The summed E-state index contributed by atoms with van der Waals surface area (Å²) < 4.78 is 22.7. The molecule has 1 amide bonds. The monoisotopic (exact) mass is 353 g/mol. The van der Waals surface area contributed by atoms with Gasteiger partial charge in [0.1, 0.15) is 19.8 Å². The number of carbonyl (C=O) groups is 1. The van der Waals surface area contributed by atoms with Crippen LogP contribution in [-0.2, 0) is 14.6 Å². The molecule has 2 rings (SSSR count). The number of anilines is 1. The highest BCUT2D eigenvalue weighted by atomic mass is 32.2. The molecule has 0 fully saturated rings. The lowest BCUT2D eigenvalue weighted by atomic mass is 10.2. The Kier molecular flexibility index (Phi) is 5.16. The zero-order valence-electron chi connectivity index (χ0n) is 13.5. The Morgan fingerprint density at radius 2 is 2.13 bits per heavy atom. The lowest BCUT2D eigenvalue weighted by molar-refractivity contribution is -0.121. The van der Waals surface area contributed by atoms with Crippen LogP contribution in [0.5, 0.6) is 0 Å². The van der Waals surface area contributed by atoms with Crippen molar-refractivity contribution in [2.24, 2.45) is 5.92 Å². The van der Waals surface area contributed by atoms with Crippen molar-refractivity contribution in [3.05, 3.63) is 30.2 Å². The highest BCUT2D eigenvalue weighted by Gasteiger charge is 2.25. The molecule has 1 unspecified atom stereocenters. The fourth-order valence-electron chi connectivity index (χ4n) is 2.27. The van der Waals surface area contributed by atoms with E-state index < -0.39 is 15.8 Å². The average molecular weight is 353 g/mol. The Bertz CT molecular complexity index is 801. The van der Waals surface area contributed by atoms with Crippen LogP contribution in [-0.4, -0.2) is 43.3 Å². The topological polar surface area (TPSA) is 80.2 Å². The van der Waals surface area contributed by atoms with Crippen molar-refractivity contribution in [1.82, 2.24) is 9.97 Å². The van der Waals surface area contributed by atoms with E-state index in [9.17, 15) is 13.2 Å². The van der Waals surface area contributed by atoms with Crippen LogP contribution in [0.2, 0.25) is 0 Å². The lowest BCUT2D eigenvalue weighted by Gasteiger charge is -2.19. The van der Waals surface area contributed by atoms with Crippen LogP contribution in [0, 0.1) is 12.8 Å². The van der Waals surface area contributed by atoms with Gasteiger partial charge in [0.25, 0.3) is 0 Å². The first-order chi connectivity index (χ1) is 10.7. The summed E-state index contributed by atoms with van der Waals surface area (Å²) in [5.41, 5.74) is 1.62. The number of aromatic nitrogens is 2. The van der Waals surface area contributed by atoms with Crippen molar-refractivity contribution in [1.29, 1.82) is 0 Å². The van der Waals surface area contributed by atoms with E-state index in [0.29, 0.717) is 5.00 Å². The molecule has 2 aromatic heterocycles. The maximum Gasteiger partial charge on any atom is 0.231 e. The Labute approximate surface area is 140 Å². The SMILES string of the molecule is Cc1nc(-c2cccnc2)sc1N(C)C(=O)C(C)CS(C)(=O)=O. The van der Waals surface area contributed by atoms with Gasteiger partial charge < -0.3 is 4.90 Å². The van der Waals surface area contributed by atoms with Gasteiger partial charge in [-0.05, 0) is 19.1 Å². The predicted octanol–water partition coefficient (Wildman–Crippen LogP) is 2.16. The lowest BCUT2D eigenvalue weighted by Crippen LogP contribution is -2.34. The molecule has 2 heterocycles. The number of rotatable bonds is 5. The van der Waals surface area contributed by atoms with E-state index in [1.54, 1.807) is 26.4 Å². The number of amides is 1. The molecule has 0 aliphatic rings. The Morgan fingerprint density at radius 1 is 1.43 bits per heavy atom. The summed E-state index contributed by atoms with van der Waals surface area (Å²) >= 11 is 1.39. The molecular weight excluding hydrogens is 334 g/mol. The van der Waals surface area contributed by atoms with Crippen molar-refractivity contribution < 1.29 is 13.2 Å². The van der Waals surface area contributed by atoms with E-state index >= 15 is 0 Å². The van der Waals surface area contributed by atoms with Crippen LogP contribution in [0.3, 0.4) is 0 Å². The van der Waals surface area contributed by atoms with Gasteiger partial charge in [-0.25, -0.2) is 13.4 Å². The predicted molar refractivity (Wildman–Crippen MR) is 92.4 cm³/mol. The van der Waals surface area contributed by atoms with E-state index in [0.717, 1.165) is 22.5 Å². The van der Waals surface area contributed by atoms with Gasteiger partial charge in [0.15, 0.2) is 0 Å². The van der Waals surface area contributed by atoms with Gasteiger partial charge in [-0.3, -0.25) is 9.78 Å². The molecule has 23 heavy (non-hydrogen) atoms. The maximum absolute atomic E-state index is 12.4. The molecule has 0 aromatic carbocycles. The first kappa shape index (κ1) is 17.6. The standard InChI is InChI=1S/C15H19N3O3S2/c1-10(9-23(4,20)21)14(19)18(3)15-11(2)17-13(22-15)12-6-5-7-16-8-12/h5-8,10H,9H2,1-4H3. The van der Waals surface area contributed by atoms with Crippen molar-refractivity contribution in [2.75, 3.05) is 24.0 Å². The smallest absolute Gasteiger partial charge is 0.231 e. The summed E-state index contributed by atoms with van der Waals surface area (Å²) in [7, 11) is -1.55. The van der Waals surface area contributed by atoms with Crippen molar-refractivity contribution in [2.45, 2.75) is 13.8 Å². The van der Waals surface area contributed by atoms with E-state index in [-0.39, 0.29) is 11.7 Å². The summed E-state index contributed by atoms with van der Waals surface area (Å²) in [4.78, 5) is 22.5. The molecule has 0 radical (unpaired) electrons. The van der Waals surface area contributed by atoms with E-state index in [1.807, 2.05) is 19.1 Å². The molecule has 6 nitrogen and oxygen atoms in total. The van der Waals surface area contributed by atoms with Gasteiger partial charge in [0, 0.05) is 37.2 Å². The minimum Gasteiger partial charge on any atom is -0.305 e. The number of thiazole rings is 1. The molecule has 0 saturated carbocycles. The molecular formula is C15H19N3O3S2. The summed E-state index contributed by atoms with van der Waals surface area (Å²) in [6.45, 7) is 3.45. The van der Waals surface area contributed by atoms with Crippen molar-refractivity contribution in [3.8, 4) is 10.6 Å².